The molecule has 0 atom stereocenters. The Labute approximate surface area is 196 Å². The van der Waals surface area contributed by atoms with Crippen LogP contribution in [0.3, 0.4) is 0 Å². The van der Waals surface area contributed by atoms with Gasteiger partial charge < -0.3 is 0 Å². The van der Waals surface area contributed by atoms with Crippen LogP contribution in [-0.4, -0.2) is 0 Å². The standard InChI is InChI=1S/C28H28F6/c1-2-3-17-4-6-18(7-5-17)8-9-19-10-12-22-20(14-19)11-13-23(27(22)31)21-15-24(29)26(25(30)16-21)28(32,33)34/h10-18H,2-9H2,1H3. The van der Waals surface area contributed by atoms with Gasteiger partial charge in [0.05, 0.1) is 0 Å². The van der Waals surface area contributed by atoms with Crippen LogP contribution in [0.25, 0.3) is 21.9 Å². The molecule has 0 N–H and O–H groups in total. The Balaban J connectivity index is 1.52. The average molecular weight is 479 g/mol. The second-order valence-electron chi connectivity index (χ2n) is 9.51. The van der Waals surface area contributed by atoms with Crippen LogP contribution in [0, 0.1) is 29.3 Å². The van der Waals surface area contributed by atoms with E-state index in [9.17, 15) is 22.0 Å². The first-order valence-electron chi connectivity index (χ1n) is 11.9. The molecular formula is C28H28F6. The van der Waals surface area contributed by atoms with Crippen molar-refractivity contribution >= 4 is 10.8 Å². The maximum atomic E-state index is 15.2. The molecule has 0 saturated heterocycles. The number of halogens is 6. The molecule has 1 aliphatic rings. The molecule has 0 aliphatic heterocycles. The molecule has 0 radical (unpaired) electrons. The van der Waals surface area contributed by atoms with E-state index < -0.39 is 29.2 Å². The number of fused-ring (bicyclic) bond motifs is 1. The molecule has 0 amide bonds. The Morgan fingerprint density at radius 3 is 2.00 bits per heavy atom. The molecule has 1 saturated carbocycles. The van der Waals surface area contributed by atoms with Crippen molar-refractivity contribution in [2.45, 2.75) is 64.5 Å². The molecule has 0 aromatic heterocycles. The van der Waals surface area contributed by atoms with Crippen LogP contribution >= 0.6 is 0 Å². The molecule has 3 aromatic rings. The molecule has 1 fully saturated rings. The Morgan fingerprint density at radius 1 is 0.794 bits per heavy atom. The van der Waals surface area contributed by atoms with Gasteiger partial charge in [-0.25, -0.2) is 13.2 Å². The number of hydrogen-bond donors (Lipinski definition) is 0. The molecule has 0 spiro atoms. The van der Waals surface area contributed by atoms with Crippen molar-refractivity contribution in [1.29, 1.82) is 0 Å². The Bertz CT molecular complexity index is 1130. The van der Waals surface area contributed by atoms with Crippen molar-refractivity contribution in [2.24, 2.45) is 11.8 Å². The van der Waals surface area contributed by atoms with E-state index in [0.29, 0.717) is 23.4 Å². The third kappa shape index (κ3) is 5.26. The van der Waals surface area contributed by atoms with Crippen LogP contribution < -0.4 is 0 Å². The first kappa shape index (κ1) is 24.6. The normalized spacial score (nSPS) is 19.0. The summed E-state index contributed by atoms with van der Waals surface area (Å²) in [5.41, 5.74) is -1.29. The summed E-state index contributed by atoms with van der Waals surface area (Å²) >= 11 is 0. The first-order valence-corrected chi connectivity index (χ1v) is 11.9. The summed E-state index contributed by atoms with van der Waals surface area (Å²) in [5.74, 6) is -2.66. The minimum atomic E-state index is -5.17. The maximum absolute atomic E-state index is 15.2. The summed E-state index contributed by atoms with van der Waals surface area (Å²) in [6.45, 7) is 2.23. The molecule has 4 rings (SSSR count). The smallest absolute Gasteiger partial charge is 0.206 e. The fourth-order valence-corrected chi connectivity index (χ4v) is 5.31. The third-order valence-electron chi connectivity index (χ3n) is 7.16. The quantitative estimate of drug-likeness (QED) is 0.310. The van der Waals surface area contributed by atoms with Gasteiger partial charge in [-0.3, -0.25) is 0 Å². The van der Waals surface area contributed by atoms with Gasteiger partial charge in [0.25, 0.3) is 0 Å². The van der Waals surface area contributed by atoms with Gasteiger partial charge in [-0.05, 0) is 53.3 Å². The van der Waals surface area contributed by atoms with Gasteiger partial charge in [0, 0.05) is 10.9 Å². The summed E-state index contributed by atoms with van der Waals surface area (Å²) in [6.07, 6.45) is 4.51. The highest BCUT2D eigenvalue weighted by Gasteiger charge is 2.38. The van der Waals surface area contributed by atoms with E-state index in [1.807, 2.05) is 12.1 Å². The van der Waals surface area contributed by atoms with Crippen molar-refractivity contribution in [3.8, 4) is 11.1 Å². The molecule has 0 heterocycles. The predicted molar refractivity (Wildman–Crippen MR) is 123 cm³/mol. The van der Waals surface area contributed by atoms with Gasteiger partial charge in [-0.15, -0.1) is 0 Å². The van der Waals surface area contributed by atoms with Gasteiger partial charge in [-0.1, -0.05) is 75.8 Å². The average Bonchev–Trinajstić information content (AvgIpc) is 2.77. The number of benzene rings is 3. The van der Waals surface area contributed by atoms with E-state index in [4.69, 9.17) is 0 Å². The Morgan fingerprint density at radius 2 is 1.41 bits per heavy atom. The first-order chi connectivity index (χ1) is 16.2. The van der Waals surface area contributed by atoms with Crippen LogP contribution in [0.5, 0.6) is 0 Å². The highest BCUT2D eigenvalue weighted by molar-refractivity contribution is 5.88. The minimum absolute atomic E-state index is 0.143. The van der Waals surface area contributed by atoms with Crippen LogP contribution in [0.1, 0.15) is 63.0 Å². The van der Waals surface area contributed by atoms with Crippen LogP contribution in [0.15, 0.2) is 42.5 Å². The molecule has 6 heteroatoms. The highest BCUT2D eigenvalue weighted by Crippen LogP contribution is 2.38. The van der Waals surface area contributed by atoms with E-state index in [1.165, 1.54) is 44.6 Å². The lowest BCUT2D eigenvalue weighted by atomic mass is 9.78. The second-order valence-corrected chi connectivity index (χ2v) is 9.51. The zero-order chi connectivity index (χ0) is 24.5. The van der Waals surface area contributed by atoms with Crippen molar-refractivity contribution in [3.63, 3.8) is 0 Å². The molecule has 3 aromatic carbocycles. The summed E-state index contributed by atoms with van der Waals surface area (Å²) in [4.78, 5) is 0. The zero-order valence-electron chi connectivity index (χ0n) is 19.1. The van der Waals surface area contributed by atoms with E-state index in [1.54, 1.807) is 12.1 Å². The Kier molecular flexibility index (Phi) is 7.25. The molecule has 34 heavy (non-hydrogen) atoms. The largest absolute Gasteiger partial charge is 0.422 e. The lowest BCUT2D eigenvalue weighted by molar-refractivity contribution is -0.142. The third-order valence-corrected chi connectivity index (χ3v) is 7.16. The van der Waals surface area contributed by atoms with Crippen molar-refractivity contribution in [1.82, 2.24) is 0 Å². The van der Waals surface area contributed by atoms with Gasteiger partial charge >= 0.3 is 6.18 Å². The van der Waals surface area contributed by atoms with Crippen LogP contribution in [0.2, 0.25) is 0 Å². The van der Waals surface area contributed by atoms with E-state index in [2.05, 4.69) is 6.92 Å². The van der Waals surface area contributed by atoms with E-state index in [-0.39, 0.29) is 16.5 Å². The number of rotatable bonds is 6. The summed E-state index contributed by atoms with van der Waals surface area (Å²) < 4.78 is 81.7. The number of hydrogen-bond acceptors (Lipinski definition) is 0. The summed E-state index contributed by atoms with van der Waals surface area (Å²) in [5, 5.41) is 0.917. The molecule has 1 aliphatic carbocycles. The molecule has 182 valence electrons. The fraction of sp³-hybridized carbons (Fsp3) is 0.429. The summed E-state index contributed by atoms with van der Waals surface area (Å²) in [6, 6.07) is 9.46. The van der Waals surface area contributed by atoms with Crippen molar-refractivity contribution < 1.29 is 26.3 Å². The SMILES string of the molecule is CCCC1CCC(CCc2ccc3c(F)c(-c4cc(F)c(C(F)(F)F)c(F)c4)ccc3c2)CC1. The van der Waals surface area contributed by atoms with Crippen LogP contribution in [-0.2, 0) is 12.6 Å². The minimum Gasteiger partial charge on any atom is -0.206 e. The lowest BCUT2D eigenvalue weighted by Crippen LogP contribution is -2.15. The second kappa shape index (κ2) is 10.0. The maximum Gasteiger partial charge on any atom is 0.422 e. The topological polar surface area (TPSA) is 0 Å². The highest BCUT2D eigenvalue weighted by atomic mass is 19.4. The lowest BCUT2D eigenvalue weighted by Gasteiger charge is -2.28. The summed E-state index contributed by atoms with van der Waals surface area (Å²) in [7, 11) is 0. The zero-order valence-corrected chi connectivity index (χ0v) is 19.1. The fourth-order valence-electron chi connectivity index (χ4n) is 5.31. The van der Waals surface area contributed by atoms with Crippen molar-refractivity contribution in [3.05, 3.63) is 71.0 Å². The van der Waals surface area contributed by atoms with E-state index >= 15 is 4.39 Å². The van der Waals surface area contributed by atoms with Gasteiger partial charge in [0.15, 0.2) is 0 Å². The van der Waals surface area contributed by atoms with Crippen LogP contribution in [0.4, 0.5) is 26.3 Å². The molecular weight excluding hydrogens is 450 g/mol. The molecule has 0 bridgehead atoms. The van der Waals surface area contributed by atoms with Gasteiger partial charge in [0.2, 0.25) is 0 Å². The number of aryl methyl sites for hydroxylation is 1. The number of alkyl halides is 3. The van der Waals surface area contributed by atoms with Gasteiger partial charge in [0.1, 0.15) is 23.0 Å². The molecule has 0 nitrogen and oxygen atoms in total. The monoisotopic (exact) mass is 478 g/mol. The van der Waals surface area contributed by atoms with Gasteiger partial charge in [-0.2, -0.15) is 13.2 Å². The van der Waals surface area contributed by atoms with Crippen molar-refractivity contribution in [2.75, 3.05) is 0 Å². The Hall–Kier alpha value is -2.50. The molecule has 0 unspecified atom stereocenters. The predicted octanol–water partition coefficient (Wildman–Crippen LogP) is 9.48. The van der Waals surface area contributed by atoms with E-state index in [0.717, 1.165) is 24.3 Å².